The molecule has 0 amide bonds. The van der Waals surface area contributed by atoms with E-state index in [2.05, 4.69) is 0 Å². The predicted octanol–water partition coefficient (Wildman–Crippen LogP) is 1.49. The lowest BCUT2D eigenvalue weighted by molar-refractivity contribution is -0.135. The molecule has 0 aliphatic rings. The van der Waals surface area contributed by atoms with Gasteiger partial charge >= 0.3 is 0 Å². The maximum atomic E-state index is 11.1. The summed E-state index contributed by atoms with van der Waals surface area (Å²) in [6, 6.07) is 0. The molecule has 0 saturated heterocycles. The molecule has 0 aliphatic heterocycles. The first kappa shape index (κ1) is 11.6. The van der Waals surface area contributed by atoms with Gasteiger partial charge in [0.1, 0.15) is 0 Å². The molecule has 0 spiro atoms. The van der Waals surface area contributed by atoms with Crippen molar-refractivity contribution in [2.75, 3.05) is 6.54 Å². The normalized spacial score (nSPS) is 11.3. The minimum atomic E-state index is -1.66. The van der Waals surface area contributed by atoms with Gasteiger partial charge < -0.3 is 10.2 Å². The van der Waals surface area contributed by atoms with Crippen LogP contribution in [0.4, 0.5) is 0 Å². The van der Waals surface area contributed by atoms with E-state index >= 15 is 0 Å². The number of carbonyl (C=O) groups is 1. The summed E-state index contributed by atoms with van der Waals surface area (Å²) in [7, 11) is -1.66. The summed E-state index contributed by atoms with van der Waals surface area (Å²) in [5, 5.41) is 0. The van der Waals surface area contributed by atoms with Gasteiger partial charge in [-0.05, 0) is 39.0 Å². The third-order valence-electron chi connectivity index (χ3n) is 1.26. The van der Waals surface area contributed by atoms with E-state index in [-0.39, 0.29) is 5.97 Å². The van der Waals surface area contributed by atoms with E-state index in [0.717, 1.165) is 12.8 Å². The van der Waals surface area contributed by atoms with Crippen molar-refractivity contribution in [3.63, 3.8) is 0 Å². The topological polar surface area (TPSA) is 52.3 Å². The first-order chi connectivity index (χ1) is 5.45. The maximum Gasteiger partial charge on any atom is 0.292 e. The van der Waals surface area contributed by atoms with Gasteiger partial charge in [-0.15, -0.1) is 0 Å². The minimum absolute atomic E-state index is 0.0670. The van der Waals surface area contributed by atoms with Crippen LogP contribution in [0.25, 0.3) is 0 Å². The highest BCUT2D eigenvalue weighted by Crippen LogP contribution is 2.06. The Kier molecular flexibility index (Phi) is 5.16. The Labute approximate surface area is 75.4 Å². The number of nitrogens with two attached hydrogens (primary N) is 1. The molecule has 0 aromatic carbocycles. The van der Waals surface area contributed by atoms with Crippen LogP contribution in [0.15, 0.2) is 0 Å². The molecule has 0 saturated carbocycles. The highest BCUT2D eigenvalue weighted by molar-refractivity contribution is 6.71. The Morgan fingerprint density at radius 2 is 1.92 bits per heavy atom. The lowest BCUT2D eigenvalue weighted by atomic mass is 10.2. The largest absolute Gasteiger partial charge is 0.520 e. The number of carbonyl (C=O) groups excluding carboxylic acids is 1. The average Bonchev–Trinajstić information content (AvgIpc) is 1.84. The average molecular weight is 189 g/mol. The van der Waals surface area contributed by atoms with Crippen LogP contribution in [-0.4, -0.2) is 20.8 Å². The summed E-state index contributed by atoms with van der Waals surface area (Å²) >= 11 is 0. The van der Waals surface area contributed by atoms with Crippen molar-refractivity contribution in [1.29, 1.82) is 0 Å². The molecule has 0 heterocycles. The summed E-state index contributed by atoms with van der Waals surface area (Å²) in [5.74, 6) is -0.0670. The third-order valence-corrected chi connectivity index (χ3v) is 2.10. The van der Waals surface area contributed by atoms with E-state index in [1.165, 1.54) is 0 Å². The molecule has 4 heteroatoms. The van der Waals surface area contributed by atoms with Gasteiger partial charge in [-0.2, -0.15) is 0 Å². The standard InChI is InChI=1S/C8H19NO2Si/c1-12(2,3)11-8(10)6-4-5-7-9/h4-7,9H2,1-3H3. The van der Waals surface area contributed by atoms with Gasteiger partial charge in [0.25, 0.3) is 5.97 Å². The van der Waals surface area contributed by atoms with Crippen molar-refractivity contribution in [3.8, 4) is 0 Å². The Balaban J connectivity index is 3.47. The van der Waals surface area contributed by atoms with Gasteiger partial charge in [0.05, 0.1) is 0 Å². The zero-order valence-electron chi connectivity index (χ0n) is 8.22. The predicted molar refractivity (Wildman–Crippen MR) is 52.3 cm³/mol. The van der Waals surface area contributed by atoms with Crippen LogP contribution < -0.4 is 5.73 Å². The molecule has 0 atom stereocenters. The van der Waals surface area contributed by atoms with E-state index in [4.69, 9.17) is 10.2 Å². The van der Waals surface area contributed by atoms with Gasteiger partial charge in [-0.3, -0.25) is 4.79 Å². The van der Waals surface area contributed by atoms with Crippen LogP contribution >= 0.6 is 0 Å². The molecule has 0 radical (unpaired) electrons. The lowest BCUT2D eigenvalue weighted by Crippen LogP contribution is -2.29. The third kappa shape index (κ3) is 7.75. The van der Waals surface area contributed by atoms with Gasteiger partial charge in [0.15, 0.2) is 0 Å². The van der Waals surface area contributed by atoms with Crippen molar-refractivity contribution < 1.29 is 9.22 Å². The second-order valence-electron chi connectivity index (χ2n) is 3.83. The van der Waals surface area contributed by atoms with Crippen molar-refractivity contribution in [2.24, 2.45) is 5.73 Å². The molecule has 2 N–H and O–H groups in total. The van der Waals surface area contributed by atoms with Crippen molar-refractivity contribution in [3.05, 3.63) is 0 Å². The molecule has 3 nitrogen and oxygen atoms in total. The van der Waals surface area contributed by atoms with E-state index < -0.39 is 8.32 Å². The van der Waals surface area contributed by atoms with Gasteiger partial charge in [0, 0.05) is 6.42 Å². The van der Waals surface area contributed by atoms with E-state index in [1.54, 1.807) is 0 Å². The molecule has 0 rings (SSSR count). The summed E-state index contributed by atoms with van der Waals surface area (Å²) in [5.41, 5.74) is 5.30. The minimum Gasteiger partial charge on any atom is -0.520 e. The second-order valence-corrected chi connectivity index (χ2v) is 8.26. The summed E-state index contributed by atoms with van der Waals surface area (Å²) in [6.07, 6.45) is 2.27. The van der Waals surface area contributed by atoms with Crippen LogP contribution in [0.1, 0.15) is 19.3 Å². The maximum absolute atomic E-state index is 11.1. The summed E-state index contributed by atoms with van der Waals surface area (Å²) < 4.78 is 5.24. The summed E-state index contributed by atoms with van der Waals surface area (Å²) in [6.45, 7) is 6.68. The van der Waals surface area contributed by atoms with Gasteiger partial charge in [0.2, 0.25) is 8.32 Å². The number of hydrogen-bond acceptors (Lipinski definition) is 3. The Bertz CT molecular complexity index is 142. The fourth-order valence-electron chi connectivity index (χ4n) is 0.806. The molecule has 72 valence electrons. The van der Waals surface area contributed by atoms with Crippen LogP contribution in [0.2, 0.25) is 19.6 Å². The van der Waals surface area contributed by atoms with E-state index in [1.807, 2.05) is 19.6 Å². The molecular weight excluding hydrogens is 170 g/mol. The molecule has 0 aromatic heterocycles. The van der Waals surface area contributed by atoms with Crippen molar-refractivity contribution in [1.82, 2.24) is 0 Å². The zero-order chi connectivity index (χ0) is 9.61. The van der Waals surface area contributed by atoms with Crippen LogP contribution in [-0.2, 0) is 9.22 Å². The molecule has 12 heavy (non-hydrogen) atoms. The summed E-state index contributed by atoms with van der Waals surface area (Å²) in [4.78, 5) is 11.1. The zero-order valence-corrected chi connectivity index (χ0v) is 9.22. The molecule has 0 fully saturated rings. The number of rotatable bonds is 5. The SMILES string of the molecule is C[Si](C)(C)OC(=O)CCCCN. The molecular formula is C8H19NO2Si. The number of hydrogen-bond donors (Lipinski definition) is 1. The molecule has 0 aliphatic carbocycles. The van der Waals surface area contributed by atoms with Crippen molar-refractivity contribution >= 4 is 14.3 Å². The lowest BCUT2D eigenvalue weighted by Gasteiger charge is -2.16. The highest BCUT2D eigenvalue weighted by atomic mass is 28.4. The fourth-order valence-corrected chi connectivity index (χ4v) is 1.59. The van der Waals surface area contributed by atoms with Crippen LogP contribution in [0, 0.1) is 0 Å². The highest BCUT2D eigenvalue weighted by Gasteiger charge is 2.19. The fraction of sp³-hybridized carbons (Fsp3) is 0.875. The monoisotopic (exact) mass is 189 g/mol. The van der Waals surface area contributed by atoms with Gasteiger partial charge in [-0.1, -0.05) is 0 Å². The molecule has 0 unspecified atom stereocenters. The Morgan fingerprint density at radius 3 is 2.33 bits per heavy atom. The van der Waals surface area contributed by atoms with Crippen LogP contribution in [0.5, 0.6) is 0 Å². The second kappa shape index (κ2) is 5.32. The number of unbranched alkanes of at least 4 members (excludes halogenated alkanes) is 1. The van der Waals surface area contributed by atoms with Crippen LogP contribution in [0.3, 0.4) is 0 Å². The molecule has 0 aromatic rings. The Hall–Kier alpha value is -0.353. The van der Waals surface area contributed by atoms with Gasteiger partial charge in [-0.25, -0.2) is 0 Å². The van der Waals surface area contributed by atoms with E-state index in [0.29, 0.717) is 13.0 Å². The smallest absolute Gasteiger partial charge is 0.292 e. The first-order valence-electron chi connectivity index (χ1n) is 4.37. The Morgan fingerprint density at radius 1 is 1.33 bits per heavy atom. The first-order valence-corrected chi connectivity index (χ1v) is 7.78. The van der Waals surface area contributed by atoms with Crippen molar-refractivity contribution in [2.45, 2.75) is 38.9 Å². The molecule has 0 bridgehead atoms. The quantitative estimate of drug-likeness (QED) is 0.526. The van der Waals surface area contributed by atoms with E-state index in [9.17, 15) is 4.79 Å².